The molecule has 2 atom stereocenters. The summed E-state index contributed by atoms with van der Waals surface area (Å²) in [6.07, 6.45) is 10.6. The molecular formula is C13H18O2. The predicted molar refractivity (Wildman–Crippen MR) is 57.3 cm³/mol. The van der Waals surface area contributed by atoms with Gasteiger partial charge in [0.05, 0.1) is 11.2 Å². The molecule has 82 valence electrons. The zero-order valence-electron chi connectivity index (χ0n) is 9.13. The highest BCUT2D eigenvalue weighted by Gasteiger charge is 2.51. The van der Waals surface area contributed by atoms with Gasteiger partial charge in [-0.05, 0) is 44.1 Å². The van der Waals surface area contributed by atoms with Crippen molar-refractivity contribution in [2.24, 2.45) is 5.41 Å². The van der Waals surface area contributed by atoms with E-state index in [9.17, 15) is 4.79 Å². The molecule has 0 saturated heterocycles. The summed E-state index contributed by atoms with van der Waals surface area (Å²) in [5, 5.41) is 0. The lowest BCUT2D eigenvalue weighted by Gasteiger charge is -2.35. The third kappa shape index (κ3) is 1.20. The van der Waals surface area contributed by atoms with Crippen LogP contribution in [0.4, 0.5) is 0 Å². The average Bonchev–Trinajstić information content (AvgIpc) is 2.64. The lowest BCUT2D eigenvalue weighted by atomic mass is 9.67. The molecule has 0 aromatic heterocycles. The Balaban J connectivity index is 2.01. The standard InChI is InChI=1S/C13H18O2/c14-9-13-8-4-3-7-12(13)15-11-6-2-1-5-10(11)13/h9,12H,1-8H2. The number of carbonyl (C=O) groups excluding carboxylic acids is 1. The molecule has 3 aliphatic rings. The number of aldehydes is 1. The highest BCUT2D eigenvalue weighted by molar-refractivity contribution is 5.68. The fourth-order valence-electron chi connectivity index (χ4n) is 3.55. The number of ether oxygens (including phenoxy) is 1. The minimum absolute atomic E-state index is 0.187. The molecular weight excluding hydrogens is 188 g/mol. The van der Waals surface area contributed by atoms with Gasteiger partial charge in [0, 0.05) is 6.42 Å². The van der Waals surface area contributed by atoms with Gasteiger partial charge in [0.2, 0.25) is 0 Å². The van der Waals surface area contributed by atoms with Crippen LogP contribution in [0.2, 0.25) is 0 Å². The summed E-state index contributed by atoms with van der Waals surface area (Å²) in [7, 11) is 0. The van der Waals surface area contributed by atoms with E-state index in [1.807, 2.05) is 0 Å². The molecule has 2 nitrogen and oxygen atoms in total. The van der Waals surface area contributed by atoms with E-state index >= 15 is 0 Å². The van der Waals surface area contributed by atoms with E-state index < -0.39 is 0 Å². The van der Waals surface area contributed by atoms with Gasteiger partial charge >= 0.3 is 0 Å². The zero-order valence-corrected chi connectivity index (χ0v) is 9.13. The minimum Gasteiger partial charge on any atom is -0.493 e. The van der Waals surface area contributed by atoms with Crippen molar-refractivity contribution in [3.05, 3.63) is 11.3 Å². The Kier molecular flexibility index (Phi) is 2.11. The van der Waals surface area contributed by atoms with Crippen LogP contribution in [0.25, 0.3) is 0 Å². The highest BCUT2D eigenvalue weighted by atomic mass is 16.5. The molecule has 1 fully saturated rings. The number of carbonyl (C=O) groups is 1. The summed E-state index contributed by atoms with van der Waals surface area (Å²) >= 11 is 0. The Bertz CT molecular complexity index is 318. The molecule has 0 spiro atoms. The maximum atomic E-state index is 11.5. The van der Waals surface area contributed by atoms with Crippen LogP contribution in [0.3, 0.4) is 0 Å². The van der Waals surface area contributed by atoms with Crippen LogP contribution in [0.1, 0.15) is 51.4 Å². The molecule has 1 heterocycles. The molecule has 0 aromatic rings. The van der Waals surface area contributed by atoms with Gasteiger partial charge in [-0.2, -0.15) is 0 Å². The topological polar surface area (TPSA) is 26.3 Å². The molecule has 3 rings (SSSR count). The molecule has 0 bridgehead atoms. The van der Waals surface area contributed by atoms with Crippen molar-refractivity contribution >= 4 is 6.29 Å². The molecule has 15 heavy (non-hydrogen) atoms. The fourth-order valence-corrected chi connectivity index (χ4v) is 3.55. The Morgan fingerprint density at radius 2 is 2.07 bits per heavy atom. The van der Waals surface area contributed by atoms with Crippen molar-refractivity contribution in [3.63, 3.8) is 0 Å². The van der Waals surface area contributed by atoms with Gasteiger partial charge in [-0.1, -0.05) is 6.42 Å². The van der Waals surface area contributed by atoms with E-state index in [1.54, 1.807) is 0 Å². The molecule has 1 saturated carbocycles. The molecule has 2 heteroatoms. The van der Waals surface area contributed by atoms with Crippen LogP contribution in [-0.2, 0) is 9.53 Å². The summed E-state index contributed by atoms with van der Waals surface area (Å²) in [6.45, 7) is 0. The van der Waals surface area contributed by atoms with Crippen molar-refractivity contribution in [2.45, 2.75) is 57.5 Å². The van der Waals surface area contributed by atoms with Crippen LogP contribution in [0.5, 0.6) is 0 Å². The van der Waals surface area contributed by atoms with Crippen molar-refractivity contribution in [1.29, 1.82) is 0 Å². The zero-order chi connectivity index (χ0) is 10.3. The van der Waals surface area contributed by atoms with Crippen molar-refractivity contribution in [3.8, 4) is 0 Å². The van der Waals surface area contributed by atoms with E-state index in [-0.39, 0.29) is 11.5 Å². The fraction of sp³-hybridized carbons (Fsp3) is 0.769. The van der Waals surface area contributed by atoms with Gasteiger partial charge in [0.25, 0.3) is 0 Å². The second-order valence-electron chi connectivity index (χ2n) is 5.12. The number of hydrogen-bond donors (Lipinski definition) is 0. The summed E-state index contributed by atoms with van der Waals surface area (Å²) in [5.74, 6) is 1.18. The quantitative estimate of drug-likeness (QED) is 0.616. The Morgan fingerprint density at radius 1 is 1.20 bits per heavy atom. The second-order valence-corrected chi connectivity index (χ2v) is 5.12. The Hall–Kier alpha value is -0.790. The first-order valence-electron chi connectivity index (χ1n) is 6.22. The highest BCUT2D eigenvalue weighted by Crippen LogP contribution is 2.53. The van der Waals surface area contributed by atoms with Gasteiger partial charge in [-0.3, -0.25) is 0 Å². The van der Waals surface area contributed by atoms with Crippen LogP contribution < -0.4 is 0 Å². The largest absolute Gasteiger partial charge is 0.493 e. The third-order valence-electron chi connectivity index (χ3n) is 4.36. The maximum Gasteiger partial charge on any atom is 0.134 e. The number of fused-ring (bicyclic) bond motifs is 2. The Labute approximate surface area is 90.7 Å². The first-order valence-corrected chi connectivity index (χ1v) is 6.22. The molecule has 0 amide bonds. The maximum absolute atomic E-state index is 11.5. The summed E-state index contributed by atoms with van der Waals surface area (Å²) in [6, 6.07) is 0. The van der Waals surface area contributed by atoms with Crippen molar-refractivity contribution in [2.75, 3.05) is 0 Å². The smallest absolute Gasteiger partial charge is 0.134 e. The van der Waals surface area contributed by atoms with Crippen LogP contribution in [0.15, 0.2) is 11.3 Å². The van der Waals surface area contributed by atoms with E-state index in [0.717, 1.165) is 25.7 Å². The van der Waals surface area contributed by atoms with Gasteiger partial charge in [-0.25, -0.2) is 0 Å². The first kappa shape index (κ1) is 9.44. The van der Waals surface area contributed by atoms with Gasteiger partial charge < -0.3 is 9.53 Å². The number of hydrogen-bond acceptors (Lipinski definition) is 2. The summed E-state index contributed by atoms with van der Waals surface area (Å²) < 4.78 is 6.01. The van der Waals surface area contributed by atoms with E-state index in [2.05, 4.69) is 0 Å². The molecule has 1 aliphatic heterocycles. The molecule has 0 aromatic carbocycles. The SMILES string of the molecule is O=CC12CCCCC1OC1=C2CCCC1. The number of rotatable bonds is 1. The molecule has 0 radical (unpaired) electrons. The molecule has 2 unspecified atom stereocenters. The van der Waals surface area contributed by atoms with E-state index in [4.69, 9.17) is 4.74 Å². The second kappa shape index (κ2) is 3.36. The van der Waals surface area contributed by atoms with E-state index in [1.165, 1.54) is 43.3 Å². The predicted octanol–water partition coefficient (Wildman–Crippen LogP) is 2.97. The normalized spacial score (nSPS) is 39.3. The van der Waals surface area contributed by atoms with Crippen molar-refractivity contribution in [1.82, 2.24) is 0 Å². The number of allylic oxidation sites excluding steroid dienone is 1. The first-order chi connectivity index (χ1) is 7.37. The van der Waals surface area contributed by atoms with Gasteiger partial charge in [-0.15, -0.1) is 0 Å². The molecule has 0 N–H and O–H groups in total. The van der Waals surface area contributed by atoms with Crippen LogP contribution in [-0.4, -0.2) is 12.4 Å². The minimum atomic E-state index is -0.200. The monoisotopic (exact) mass is 206 g/mol. The summed E-state index contributed by atoms with van der Waals surface area (Å²) in [5.41, 5.74) is 1.17. The lowest BCUT2D eigenvalue weighted by molar-refractivity contribution is -0.120. The van der Waals surface area contributed by atoms with Crippen LogP contribution >= 0.6 is 0 Å². The van der Waals surface area contributed by atoms with Crippen molar-refractivity contribution < 1.29 is 9.53 Å². The summed E-state index contributed by atoms with van der Waals surface area (Å²) in [4.78, 5) is 11.5. The van der Waals surface area contributed by atoms with E-state index in [0.29, 0.717) is 0 Å². The molecule has 2 aliphatic carbocycles. The average molecular weight is 206 g/mol. The Morgan fingerprint density at radius 3 is 2.93 bits per heavy atom. The van der Waals surface area contributed by atoms with Gasteiger partial charge in [0.1, 0.15) is 12.4 Å². The van der Waals surface area contributed by atoms with Gasteiger partial charge in [0.15, 0.2) is 0 Å². The lowest BCUT2D eigenvalue weighted by Crippen LogP contribution is -2.38. The van der Waals surface area contributed by atoms with Crippen LogP contribution in [0, 0.1) is 5.41 Å². The third-order valence-corrected chi connectivity index (χ3v) is 4.36.